The zero-order chi connectivity index (χ0) is 14.9. The third kappa shape index (κ3) is 3.16. The molecule has 0 aliphatic rings. The van der Waals surface area contributed by atoms with E-state index in [1.54, 1.807) is 18.2 Å². The van der Waals surface area contributed by atoms with Crippen LogP contribution >= 0.6 is 31.9 Å². The summed E-state index contributed by atoms with van der Waals surface area (Å²) in [5, 5.41) is 2.48. The summed E-state index contributed by atoms with van der Waals surface area (Å²) in [7, 11) is 0. The molecule has 0 saturated heterocycles. The second-order valence-corrected chi connectivity index (χ2v) is 5.70. The maximum absolute atomic E-state index is 13.7. The number of benzene rings is 2. The molecule has 104 valence electrons. The number of nitrogens with two attached hydrogens (primary N) is 1. The summed E-state index contributed by atoms with van der Waals surface area (Å²) in [5.41, 5.74) is 4.86. The van der Waals surface area contributed by atoms with Crippen LogP contribution in [0.5, 0.6) is 0 Å². The van der Waals surface area contributed by atoms with Crippen LogP contribution in [-0.4, -0.2) is 5.91 Å². The summed E-state index contributed by atoms with van der Waals surface area (Å²) in [4.78, 5) is 12.0. The molecule has 0 aromatic heterocycles. The molecule has 2 rings (SSSR count). The van der Waals surface area contributed by atoms with Crippen LogP contribution < -0.4 is 11.1 Å². The molecule has 0 fully saturated rings. The summed E-state index contributed by atoms with van der Waals surface area (Å²) in [6.07, 6.45) is 0. The minimum Gasteiger partial charge on any atom is -0.396 e. The molecule has 20 heavy (non-hydrogen) atoms. The predicted molar refractivity (Wildman–Crippen MR) is 80.6 cm³/mol. The summed E-state index contributed by atoms with van der Waals surface area (Å²) in [6.45, 7) is 0. The van der Waals surface area contributed by atoms with Gasteiger partial charge in [0, 0.05) is 8.95 Å². The van der Waals surface area contributed by atoms with Gasteiger partial charge >= 0.3 is 0 Å². The van der Waals surface area contributed by atoms with Crippen LogP contribution in [-0.2, 0) is 0 Å². The van der Waals surface area contributed by atoms with Gasteiger partial charge in [0.25, 0.3) is 5.91 Å². The molecule has 0 radical (unpaired) electrons. The molecule has 7 heteroatoms. The van der Waals surface area contributed by atoms with E-state index in [0.29, 0.717) is 10.2 Å². The molecule has 3 N–H and O–H groups in total. The molecular formula is C13H8Br2F2N2O. The summed E-state index contributed by atoms with van der Waals surface area (Å²) < 4.78 is 28.3. The molecule has 0 spiro atoms. The van der Waals surface area contributed by atoms with E-state index in [0.717, 1.165) is 16.6 Å². The van der Waals surface area contributed by atoms with Gasteiger partial charge in [0.2, 0.25) is 0 Å². The molecule has 0 heterocycles. The smallest absolute Gasteiger partial charge is 0.258 e. The number of rotatable bonds is 2. The van der Waals surface area contributed by atoms with Crippen molar-refractivity contribution in [3.8, 4) is 0 Å². The zero-order valence-corrected chi connectivity index (χ0v) is 13.1. The fourth-order valence-electron chi connectivity index (χ4n) is 1.56. The van der Waals surface area contributed by atoms with Crippen LogP contribution in [0.1, 0.15) is 10.4 Å². The van der Waals surface area contributed by atoms with E-state index in [-0.39, 0.29) is 0 Å². The van der Waals surface area contributed by atoms with E-state index in [1.807, 2.05) is 0 Å². The van der Waals surface area contributed by atoms with Crippen LogP contribution in [0.4, 0.5) is 20.2 Å². The van der Waals surface area contributed by atoms with E-state index in [2.05, 4.69) is 37.2 Å². The highest BCUT2D eigenvalue weighted by molar-refractivity contribution is 9.11. The highest BCUT2D eigenvalue weighted by atomic mass is 79.9. The van der Waals surface area contributed by atoms with Gasteiger partial charge in [-0.05, 0) is 46.3 Å². The molecule has 2 aromatic rings. The first-order valence-electron chi connectivity index (χ1n) is 5.39. The maximum atomic E-state index is 13.7. The van der Waals surface area contributed by atoms with Crippen LogP contribution in [0.3, 0.4) is 0 Å². The van der Waals surface area contributed by atoms with Crippen molar-refractivity contribution in [1.29, 1.82) is 0 Å². The fourth-order valence-corrected chi connectivity index (χ4v) is 2.70. The normalized spacial score (nSPS) is 10.4. The quantitative estimate of drug-likeness (QED) is 0.731. The highest BCUT2D eigenvalue weighted by Crippen LogP contribution is 2.27. The first kappa shape index (κ1) is 14.9. The number of amides is 1. The van der Waals surface area contributed by atoms with Crippen LogP contribution in [0.25, 0.3) is 0 Å². The molecule has 2 aromatic carbocycles. The van der Waals surface area contributed by atoms with E-state index in [9.17, 15) is 13.6 Å². The minimum absolute atomic E-state index is 0.412. The molecule has 0 atom stereocenters. The van der Waals surface area contributed by atoms with Gasteiger partial charge in [-0.25, -0.2) is 8.78 Å². The van der Waals surface area contributed by atoms with Gasteiger partial charge in [-0.1, -0.05) is 15.9 Å². The van der Waals surface area contributed by atoms with Gasteiger partial charge < -0.3 is 11.1 Å². The van der Waals surface area contributed by atoms with E-state index < -0.39 is 28.8 Å². The molecule has 0 saturated carbocycles. The summed E-state index contributed by atoms with van der Waals surface area (Å²) >= 11 is 6.53. The van der Waals surface area contributed by atoms with Crippen molar-refractivity contribution in [2.24, 2.45) is 0 Å². The number of carbonyl (C=O) groups is 1. The van der Waals surface area contributed by atoms with E-state index >= 15 is 0 Å². The zero-order valence-electron chi connectivity index (χ0n) is 9.88. The standard InChI is InChI=1S/C13H8Br2F2N2O/c14-6-1-2-11(9(15)3-6)19-13(20)8-4-7(16)5-10(18)12(8)17/h1-5H,18H2,(H,19,20). The Labute approximate surface area is 130 Å². The van der Waals surface area contributed by atoms with Crippen LogP contribution in [0.15, 0.2) is 39.3 Å². The number of nitrogens with one attached hydrogen (secondary N) is 1. The topological polar surface area (TPSA) is 55.1 Å². The second kappa shape index (κ2) is 5.88. The Morgan fingerprint density at radius 1 is 1.15 bits per heavy atom. The lowest BCUT2D eigenvalue weighted by Crippen LogP contribution is -2.15. The lowest BCUT2D eigenvalue weighted by molar-refractivity contribution is 0.102. The SMILES string of the molecule is Nc1cc(F)cc(C(=O)Nc2ccc(Br)cc2Br)c1F. The van der Waals surface area contributed by atoms with E-state index in [4.69, 9.17) is 5.73 Å². The Balaban J connectivity index is 2.33. The summed E-state index contributed by atoms with van der Waals surface area (Å²) in [6, 6.07) is 6.66. The largest absolute Gasteiger partial charge is 0.396 e. The predicted octanol–water partition coefficient (Wildman–Crippen LogP) is 4.32. The Kier molecular flexibility index (Phi) is 4.39. The van der Waals surface area contributed by atoms with E-state index in [1.165, 1.54) is 0 Å². The molecular weight excluding hydrogens is 398 g/mol. The Bertz CT molecular complexity index is 692. The van der Waals surface area contributed by atoms with Gasteiger partial charge in [-0.3, -0.25) is 4.79 Å². The fraction of sp³-hybridized carbons (Fsp3) is 0. The maximum Gasteiger partial charge on any atom is 0.258 e. The first-order chi connectivity index (χ1) is 9.38. The number of halogens is 4. The number of anilines is 2. The van der Waals surface area contributed by atoms with Gasteiger partial charge in [-0.2, -0.15) is 0 Å². The Hall–Kier alpha value is -1.47. The molecule has 0 aliphatic heterocycles. The third-order valence-corrected chi connectivity index (χ3v) is 3.64. The van der Waals surface area contributed by atoms with Crippen molar-refractivity contribution in [3.63, 3.8) is 0 Å². The number of hydrogen-bond donors (Lipinski definition) is 2. The summed E-state index contributed by atoms with van der Waals surface area (Å²) in [5.74, 6) is -2.50. The van der Waals surface area contributed by atoms with Crippen molar-refractivity contribution in [2.45, 2.75) is 0 Å². The molecule has 1 amide bonds. The van der Waals surface area contributed by atoms with Gasteiger partial charge in [0.05, 0.1) is 16.9 Å². The minimum atomic E-state index is -0.947. The van der Waals surface area contributed by atoms with Crippen molar-refractivity contribution in [3.05, 3.63) is 56.5 Å². The highest BCUT2D eigenvalue weighted by Gasteiger charge is 2.17. The monoisotopic (exact) mass is 404 g/mol. The Morgan fingerprint density at radius 2 is 1.85 bits per heavy atom. The number of nitrogen functional groups attached to an aromatic ring is 1. The van der Waals surface area contributed by atoms with Crippen molar-refractivity contribution >= 4 is 49.1 Å². The average Bonchev–Trinajstić information content (AvgIpc) is 2.37. The van der Waals surface area contributed by atoms with Gasteiger partial charge in [0.1, 0.15) is 5.82 Å². The molecule has 3 nitrogen and oxygen atoms in total. The number of hydrogen-bond acceptors (Lipinski definition) is 2. The van der Waals surface area contributed by atoms with Crippen LogP contribution in [0, 0.1) is 11.6 Å². The third-order valence-electron chi connectivity index (χ3n) is 2.49. The lowest BCUT2D eigenvalue weighted by atomic mass is 10.1. The first-order valence-corrected chi connectivity index (χ1v) is 6.98. The lowest BCUT2D eigenvalue weighted by Gasteiger charge is -2.09. The van der Waals surface area contributed by atoms with Gasteiger partial charge in [0.15, 0.2) is 5.82 Å². The van der Waals surface area contributed by atoms with Gasteiger partial charge in [-0.15, -0.1) is 0 Å². The van der Waals surface area contributed by atoms with Crippen molar-refractivity contribution < 1.29 is 13.6 Å². The number of carbonyl (C=O) groups excluding carboxylic acids is 1. The molecule has 0 bridgehead atoms. The molecule has 0 unspecified atom stereocenters. The van der Waals surface area contributed by atoms with Crippen LogP contribution in [0.2, 0.25) is 0 Å². The average molecular weight is 406 g/mol. The molecule has 0 aliphatic carbocycles. The van der Waals surface area contributed by atoms with Crippen molar-refractivity contribution in [2.75, 3.05) is 11.1 Å². The second-order valence-electron chi connectivity index (χ2n) is 3.93. The van der Waals surface area contributed by atoms with Crippen molar-refractivity contribution in [1.82, 2.24) is 0 Å². The Morgan fingerprint density at radius 3 is 2.50 bits per heavy atom.